The van der Waals surface area contributed by atoms with Gasteiger partial charge in [-0.3, -0.25) is 0 Å². The van der Waals surface area contributed by atoms with E-state index < -0.39 is 213 Å². The molecule has 91 heavy (non-hydrogen) atoms. The number of hydrogen-bond acceptors (Lipinski definition) is 0. The molecule has 548 valence electrons. The van der Waals surface area contributed by atoms with Gasteiger partial charge < -0.3 is 0 Å². The molecule has 0 bridgehead atoms. The zero-order chi connectivity index (χ0) is 75.2. The van der Waals surface area contributed by atoms with Gasteiger partial charge in [-0.15, -0.1) is 0 Å². The van der Waals surface area contributed by atoms with E-state index in [0.717, 1.165) is 0 Å². The van der Waals surface area contributed by atoms with Crippen LogP contribution < -0.4 is 0 Å². The summed E-state index contributed by atoms with van der Waals surface area (Å²) in [6, 6.07) is -18.2. The van der Waals surface area contributed by atoms with Gasteiger partial charge >= 0.3 is 155 Å². The Morgan fingerprint density at radius 3 is 0.308 bits per heavy atom. The summed E-state index contributed by atoms with van der Waals surface area (Å²) in [6.45, 7) is 0. The van der Waals surface area contributed by atoms with Gasteiger partial charge in [0.15, 0.2) is 0 Å². The average Bonchev–Trinajstić information content (AvgIpc) is 0.722. The molecule has 0 saturated carbocycles. The lowest BCUT2D eigenvalue weighted by atomic mass is 9.88. The lowest BCUT2D eigenvalue weighted by Crippen LogP contribution is -2.74. The molecule has 57 heteroatoms. The van der Waals surface area contributed by atoms with Crippen LogP contribution in [-0.4, -0.2) is 163 Å². The SMILES string of the molecule is FC(F)(F)C(F)(F)C(F)(F)C(F)(F)C(F)(F)C(F)(F)CC[Si](CCC(F)(F)C(F)(F)C(F)(F)C(F)(F)C(F)(F)C(F)(F)F)(CCC(F)(F)C(F)(F)C(F)(F)C(F)(F)C(F)(F)C(F)(F)F)CCC(F)(F)C(F)(F)C(F)(F)C(F)(F)C(F)(F)C(F)(F)C(F)(F)C(F)(F)F. The smallest absolute Gasteiger partial charge is 0.200 e. The standard InChI is InChI=1S/C34H16F56Si/c35-9(36,13(43,44)17(51,52)21(59,60)22(61,62)26(69,70)30(77,78)34(88,89)90)1-5-91(6-2-10(37,38)14(45,46)18(53,54)23(63,64)27(71,72)31(79,80)81,7-3-11(39,40)15(47,48)19(55,56)24(65,66)28(73,74)32(82,83)84)8-4-12(41,42)16(49,50)20(57,58)25(67,68)29(75,76)33(85,86)87/h1-8H2. The fraction of sp³-hybridized carbons (Fsp3) is 1.00. The van der Waals surface area contributed by atoms with Crippen molar-refractivity contribution in [2.24, 2.45) is 0 Å². The summed E-state index contributed by atoms with van der Waals surface area (Å²) >= 11 is 0. The number of hydrogen-bond donors (Lipinski definition) is 0. The van der Waals surface area contributed by atoms with E-state index in [2.05, 4.69) is 0 Å². The first-order valence-corrected chi connectivity index (χ1v) is 23.7. The zero-order valence-corrected chi connectivity index (χ0v) is 41.3. The maximum Gasteiger partial charge on any atom is 0.460 e. The third kappa shape index (κ3) is 12.4. The second kappa shape index (κ2) is 22.7. The van der Waals surface area contributed by atoms with Crippen LogP contribution in [0.3, 0.4) is 0 Å². The van der Waals surface area contributed by atoms with Crippen molar-refractivity contribution in [3.8, 4) is 0 Å². The van der Waals surface area contributed by atoms with Gasteiger partial charge in [0.05, 0.1) is 8.07 Å². The number of halogens is 56. The second-order valence-electron chi connectivity index (χ2n) is 18.6. The van der Waals surface area contributed by atoms with Crippen LogP contribution in [0.15, 0.2) is 0 Å². The lowest BCUT2D eigenvalue weighted by Gasteiger charge is -2.44. The molecule has 0 N–H and O–H groups in total. The third-order valence-electron chi connectivity index (χ3n) is 12.7. The van der Waals surface area contributed by atoms with Crippen molar-refractivity contribution in [1.29, 1.82) is 0 Å². The van der Waals surface area contributed by atoms with Crippen molar-refractivity contribution in [1.82, 2.24) is 0 Å². The highest BCUT2D eigenvalue weighted by atomic mass is 28.3. The molecule has 0 spiro atoms. The predicted molar refractivity (Wildman–Crippen MR) is 177 cm³/mol. The summed E-state index contributed by atoms with van der Waals surface area (Å²) in [5.41, 5.74) is 0. The molecule has 0 heterocycles. The van der Waals surface area contributed by atoms with E-state index in [4.69, 9.17) is 0 Å². The highest BCUT2D eigenvalue weighted by molar-refractivity contribution is 6.80. The van der Waals surface area contributed by atoms with Crippen molar-refractivity contribution >= 4 is 8.07 Å². The summed E-state index contributed by atoms with van der Waals surface area (Å²) in [5.74, 6) is -204. The zero-order valence-electron chi connectivity index (χ0n) is 40.3. The quantitative estimate of drug-likeness (QED) is 0.0497. The first kappa shape index (κ1) is 87.3. The Hall–Kier alpha value is -3.70. The Bertz CT molecular complexity index is 2300. The molecule has 0 nitrogen and oxygen atoms in total. The molecule has 0 saturated heterocycles. The summed E-state index contributed by atoms with van der Waals surface area (Å²) in [7, 11) is -8.74. The number of alkyl halides is 56. The van der Waals surface area contributed by atoms with Gasteiger partial charge in [0, 0.05) is 25.7 Å². The third-order valence-corrected chi connectivity index (χ3v) is 17.9. The Balaban J connectivity index is 9.55. The van der Waals surface area contributed by atoms with E-state index >= 15 is 35.1 Å². The van der Waals surface area contributed by atoms with Crippen LogP contribution in [0.25, 0.3) is 0 Å². The molecule has 0 aromatic carbocycles. The molecule has 0 atom stereocenters. The first-order chi connectivity index (χ1) is 38.3. The van der Waals surface area contributed by atoms with E-state index in [-0.39, 0.29) is 0 Å². The van der Waals surface area contributed by atoms with Crippen molar-refractivity contribution < 1.29 is 246 Å². The molecule has 0 rings (SSSR count). The van der Waals surface area contributed by atoms with Crippen molar-refractivity contribution in [3.63, 3.8) is 0 Å². The molecule has 0 radical (unpaired) electrons. The summed E-state index contributed by atoms with van der Waals surface area (Å²) in [5, 5.41) is 0. The van der Waals surface area contributed by atoms with Crippen LogP contribution in [0, 0.1) is 0 Å². The molecular weight excluding hydrogens is 1500 g/mol. The van der Waals surface area contributed by atoms with E-state index in [0.29, 0.717) is 0 Å². The monoisotopic (exact) mass is 1520 g/mol. The molecule has 0 unspecified atom stereocenters. The van der Waals surface area contributed by atoms with Gasteiger partial charge in [0.1, 0.15) is 0 Å². The Morgan fingerprint density at radius 1 is 0.121 bits per heavy atom. The van der Waals surface area contributed by atoms with Crippen molar-refractivity contribution in [2.45, 2.75) is 205 Å². The molecule has 0 aliphatic heterocycles. The van der Waals surface area contributed by atoms with Crippen LogP contribution in [0.5, 0.6) is 0 Å². The van der Waals surface area contributed by atoms with Crippen LogP contribution in [-0.2, 0) is 0 Å². The van der Waals surface area contributed by atoms with Gasteiger partial charge in [0.2, 0.25) is 0 Å². The lowest BCUT2D eigenvalue weighted by molar-refractivity contribution is -0.461. The maximum atomic E-state index is 15.2. The predicted octanol–water partition coefficient (Wildman–Crippen LogP) is 21.2. The minimum atomic E-state index is -9.96. The minimum absolute atomic E-state index is 4.53. The van der Waals surface area contributed by atoms with Crippen LogP contribution in [0.4, 0.5) is 246 Å². The van der Waals surface area contributed by atoms with Crippen LogP contribution in [0.2, 0.25) is 24.2 Å². The average molecular weight is 1520 g/mol. The van der Waals surface area contributed by atoms with Crippen molar-refractivity contribution in [3.05, 3.63) is 0 Å². The fourth-order valence-corrected chi connectivity index (χ4v) is 11.5. The Labute approximate surface area is 459 Å². The summed E-state index contributed by atoms with van der Waals surface area (Å²) in [6.07, 6.45) is -54.6. The second-order valence-corrected chi connectivity index (χ2v) is 23.6. The molecule has 0 aromatic heterocycles. The van der Waals surface area contributed by atoms with Gasteiger partial charge in [-0.05, 0) is 0 Å². The van der Waals surface area contributed by atoms with Gasteiger partial charge in [-0.1, -0.05) is 24.2 Å². The maximum absolute atomic E-state index is 15.2. The van der Waals surface area contributed by atoms with Gasteiger partial charge in [-0.25, -0.2) is 0 Å². The van der Waals surface area contributed by atoms with E-state index in [1.165, 1.54) is 0 Å². The normalized spacial score (nSPS) is 17.1. The largest absolute Gasteiger partial charge is 0.460 e. The van der Waals surface area contributed by atoms with Gasteiger partial charge in [-0.2, -0.15) is 246 Å². The van der Waals surface area contributed by atoms with E-state index in [1.807, 2.05) is 0 Å². The van der Waals surface area contributed by atoms with Crippen molar-refractivity contribution in [2.75, 3.05) is 0 Å². The first-order valence-electron chi connectivity index (χ1n) is 20.9. The van der Waals surface area contributed by atoms with E-state index in [1.54, 1.807) is 0 Å². The van der Waals surface area contributed by atoms with Gasteiger partial charge in [0.25, 0.3) is 0 Å². The Morgan fingerprint density at radius 2 is 0.209 bits per heavy atom. The molecule has 0 aliphatic carbocycles. The van der Waals surface area contributed by atoms with Crippen LogP contribution >= 0.6 is 0 Å². The number of rotatable bonds is 30. The molecule has 0 aliphatic rings. The minimum Gasteiger partial charge on any atom is -0.200 e. The Kier molecular flexibility index (Phi) is 21.8. The fourth-order valence-electron chi connectivity index (χ4n) is 6.67. The molecule has 0 fully saturated rings. The topological polar surface area (TPSA) is 0 Å². The summed E-state index contributed by atoms with van der Waals surface area (Å²) in [4.78, 5) is 0. The molecule has 0 aromatic rings. The highest BCUT2D eigenvalue weighted by Gasteiger charge is 2.97. The van der Waals surface area contributed by atoms with Crippen LogP contribution in [0.1, 0.15) is 25.7 Å². The highest BCUT2D eigenvalue weighted by Crippen LogP contribution is 2.68. The molecular formula is C34H16F56Si. The van der Waals surface area contributed by atoms with E-state index in [9.17, 15) is 211 Å². The summed E-state index contributed by atoms with van der Waals surface area (Å²) < 4.78 is 778. The molecule has 0 amide bonds.